The van der Waals surface area contributed by atoms with Gasteiger partial charge in [-0.2, -0.15) is 0 Å². The first-order chi connectivity index (χ1) is 20.8. The molecule has 0 spiro atoms. The summed E-state index contributed by atoms with van der Waals surface area (Å²) in [5.74, 6) is -1.26. The van der Waals surface area contributed by atoms with E-state index >= 15 is 0 Å². The van der Waals surface area contributed by atoms with Crippen LogP contribution < -0.4 is 15.8 Å². The summed E-state index contributed by atoms with van der Waals surface area (Å²) in [4.78, 5) is 45.5. The molecular formula is C31H49BrN4O9. The highest BCUT2D eigenvalue weighted by atomic mass is 79.9. The second-order valence-electron chi connectivity index (χ2n) is 11.6. The maximum Gasteiger partial charge on any atom is 0.328 e. The SMILES string of the molecule is CCC(Br)(CC)C(=O)NC(N)=O.Cc1c(C)c2c(c(C)c1O)C(CN1CCN(CCO)CC1)C(C)(C)O2.O=C(O)/C=C\C(=O)O. The summed E-state index contributed by atoms with van der Waals surface area (Å²) in [6.45, 7) is 20.0. The van der Waals surface area contributed by atoms with Crippen molar-refractivity contribution in [3.63, 3.8) is 0 Å². The van der Waals surface area contributed by atoms with Crippen LogP contribution in [0, 0.1) is 20.8 Å². The number of carboxylic acids is 2. The maximum absolute atomic E-state index is 11.3. The van der Waals surface area contributed by atoms with E-state index in [2.05, 4.69) is 39.6 Å². The number of aliphatic carboxylic acids is 2. The van der Waals surface area contributed by atoms with Crippen molar-refractivity contribution in [1.29, 1.82) is 0 Å². The summed E-state index contributed by atoms with van der Waals surface area (Å²) in [5, 5.41) is 37.3. The van der Waals surface area contributed by atoms with Crippen molar-refractivity contribution >= 4 is 39.8 Å². The number of halogens is 1. The van der Waals surface area contributed by atoms with Gasteiger partial charge >= 0.3 is 18.0 Å². The Bertz CT molecular complexity index is 1220. The Hall–Kier alpha value is -3.20. The number of carboxylic acid groups (broad SMARTS) is 2. The Morgan fingerprint density at radius 1 is 0.978 bits per heavy atom. The third kappa shape index (κ3) is 11.3. The number of phenolic OH excluding ortho intramolecular Hbond substituents is 1. The van der Waals surface area contributed by atoms with Crippen LogP contribution in [0.5, 0.6) is 11.5 Å². The second-order valence-corrected chi connectivity index (χ2v) is 13.1. The molecule has 1 aromatic carbocycles. The molecule has 0 radical (unpaired) electrons. The van der Waals surface area contributed by atoms with E-state index in [9.17, 15) is 24.3 Å². The molecule has 0 aromatic heterocycles. The highest BCUT2D eigenvalue weighted by Gasteiger charge is 2.45. The lowest BCUT2D eigenvalue weighted by atomic mass is 9.82. The van der Waals surface area contributed by atoms with E-state index in [1.807, 2.05) is 39.9 Å². The number of piperazine rings is 1. The molecule has 1 aromatic rings. The van der Waals surface area contributed by atoms with E-state index in [4.69, 9.17) is 25.8 Å². The molecule has 14 heteroatoms. The van der Waals surface area contributed by atoms with Gasteiger partial charge in [0.1, 0.15) is 21.4 Å². The number of phenols is 1. The van der Waals surface area contributed by atoms with Gasteiger partial charge in [-0.1, -0.05) is 29.8 Å². The van der Waals surface area contributed by atoms with Crippen LogP contribution in [0.25, 0.3) is 0 Å². The summed E-state index contributed by atoms with van der Waals surface area (Å²) < 4.78 is 5.71. The summed E-state index contributed by atoms with van der Waals surface area (Å²) in [6, 6.07) is -0.814. The number of nitrogens with two attached hydrogens (primary N) is 1. The number of urea groups is 1. The number of nitrogens with one attached hydrogen (secondary N) is 1. The number of aliphatic hydroxyl groups is 1. The number of aromatic hydroxyl groups is 1. The third-order valence-electron chi connectivity index (χ3n) is 8.27. The topological polar surface area (TPSA) is 203 Å². The second kappa shape index (κ2) is 17.5. The quantitative estimate of drug-likeness (QED) is 0.163. The molecule has 7 N–H and O–H groups in total. The number of fused-ring (bicyclic) bond motifs is 1. The fourth-order valence-electron chi connectivity index (χ4n) is 5.21. The Labute approximate surface area is 273 Å². The number of alkyl halides is 1. The fraction of sp³-hybridized carbons (Fsp3) is 0.613. The highest BCUT2D eigenvalue weighted by Crippen LogP contribution is 2.51. The van der Waals surface area contributed by atoms with Crippen LogP contribution in [-0.2, 0) is 14.4 Å². The highest BCUT2D eigenvalue weighted by molar-refractivity contribution is 9.10. The van der Waals surface area contributed by atoms with Gasteiger partial charge in [-0.15, -0.1) is 0 Å². The molecule has 1 saturated heterocycles. The lowest BCUT2D eigenvalue weighted by molar-refractivity contribution is -0.134. The van der Waals surface area contributed by atoms with Gasteiger partial charge in [0.25, 0.3) is 0 Å². The van der Waals surface area contributed by atoms with Gasteiger partial charge in [-0.3, -0.25) is 15.0 Å². The molecular weight excluding hydrogens is 652 g/mol. The van der Waals surface area contributed by atoms with Crippen LogP contribution in [0.2, 0.25) is 0 Å². The van der Waals surface area contributed by atoms with E-state index in [1.165, 1.54) is 5.56 Å². The van der Waals surface area contributed by atoms with Crippen molar-refractivity contribution in [1.82, 2.24) is 15.1 Å². The number of ether oxygens (including phenoxy) is 1. The molecule has 13 nitrogen and oxygen atoms in total. The number of hydrogen-bond donors (Lipinski definition) is 6. The molecule has 0 saturated carbocycles. The summed E-state index contributed by atoms with van der Waals surface area (Å²) in [6.07, 6.45) is 2.34. The molecule has 45 heavy (non-hydrogen) atoms. The average molecular weight is 702 g/mol. The van der Waals surface area contributed by atoms with Gasteiger partial charge in [0.15, 0.2) is 0 Å². The van der Waals surface area contributed by atoms with Crippen molar-refractivity contribution < 1.29 is 44.3 Å². The van der Waals surface area contributed by atoms with Gasteiger partial charge in [-0.05, 0) is 64.2 Å². The predicted molar refractivity (Wildman–Crippen MR) is 174 cm³/mol. The van der Waals surface area contributed by atoms with Crippen molar-refractivity contribution in [2.24, 2.45) is 5.73 Å². The summed E-state index contributed by atoms with van der Waals surface area (Å²) >= 11 is 3.26. The van der Waals surface area contributed by atoms with Gasteiger partial charge in [-0.25, -0.2) is 14.4 Å². The standard InChI is InChI=1S/C20H32N2O3.C7H13BrN2O2.C4H4O4/c1-13-14(2)19-17(15(3)18(13)24)16(20(4,5)25-19)12-22-8-6-21(7-9-22)10-11-23;1-3-7(8,4-2)5(11)10-6(9)12;5-3(6)1-2-4(7)8/h16,23-24H,6-12H2,1-5H3;3-4H2,1-2H3,(H3,9,10,11,12);1-2H,(H,5,6)(H,7,8)/b;;2-1-. The lowest BCUT2D eigenvalue weighted by Gasteiger charge is -2.38. The van der Waals surface area contributed by atoms with Crippen molar-refractivity contribution in [3.8, 4) is 11.5 Å². The van der Waals surface area contributed by atoms with Gasteiger partial charge in [0, 0.05) is 62.9 Å². The number of imide groups is 1. The molecule has 1 unspecified atom stereocenters. The monoisotopic (exact) mass is 700 g/mol. The molecule has 0 aliphatic carbocycles. The van der Waals surface area contributed by atoms with E-state index in [0.717, 1.165) is 61.7 Å². The number of carbonyl (C=O) groups excluding carboxylic acids is 2. The minimum absolute atomic E-state index is 0.230. The largest absolute Gasteiger partial charge is 0.507 e. The van der Waals surface area contributed by atoms with Crippen LogP contribution >= 0.6 is 15.9 Å². The Morgan fingerprint density at radius 3 is 1.89 bits per heavy atom. The number of carbonyl (C=O) groups is 4. The average Bonchev–Trinajstić information content (AvgIpc) is 3.24. The van der Waals surface area contributed by atoms with Crippen LogP contribution in [0.1, 0.15) is 68.7 Å². The first kappa shape index (κ1) is 39.8. The number of β-amino-alcohol motifs (C(OH)–C–C–N with tert-alkyl or cyclic N) is 1. The molecule has 0 bridgehead atoms. The molecule has 2 aliphatic rings. The molecule has 254 valence electrons. The van der Waals surface area contributed by atoms with Crippen molar-refractivity contribution in [3.05, 3.63) is 34.4 Å². The Morgan fingerprint density at radius 2 is 1.47 bits per heavy atom. The number of nitrogens with zero attached hydrogens (tertiary/aromatic N) is 2. The van der Waals surface area contributed by atoms with E-state index < -0.39 is 22.3 Å². The molecule has 3 rings (SSSR count). The van der Waals surface area contributed by atoms with Crippen LogP contribution in [0.3, 0.4) is 0 Å². The molecule has 2 heterocycles. The zero-order valence-corrected chi connectivity index (χ0v) is 28.9. The minimum atomic E-state index is -1.26. The van der Waals surface area contributed by atoms with Gasteiger partial charge < -0.3 is 35.8 Å². The summed E-state index contributed by atoms with van der Waals surface area (Å²) in [5.41, 5.74) is 8.66. The first-order valence-corrected chi connectivity index (χ1v) is 15.6. The zero-order valence-electron chi connectivity index (χ0n) is 27.3. The normalized spacial score (nSPS) is 17.7. The molecule has 1 atom stereocenters. The van der Waals surface area contributed by atoms with E-state index in [1.54, 1.807) is 0 Å². The molecule has 3 amide bonds. The number of primary amides is 1. The third-order valence-corrected chi connectivity index (χ3v) is 9.75. The zero-order chi connectivity index (χ0) is 34.7. The van der Waals surface area contributed by atoms with Crippen LogP contribution in [0.15, 0.2) is 12.2 Å². The molecule has 2 aliphatic heterocycles. The Kier molecular flexibility index (Phi) is 15.5. The summed E-state index contributed by atoms with van der Waals surface area (Å²) in [7, 11) is 0. The van der Waals surface area contributed by atoms with E-state index in [0.29, 0.717) is 30.7 Å². The first-order valence-electron chi connectivity index (χ1n) is 14.9. The number of amides is 3. The van der Waals surface area contributed by atoms with Gasteiger partial charge in [0.2, 0.25) is 5.91 Å². The maximum atomic E-state index is 11.3. The van der Waals surface area contributed by atoms with Crippen molar-refractivity contribution in [2.45, 2.75) is 77.2 Å². The number of aliphatic hydroxyl groups excluding tert-OH is 1. The Balaban J connectivity index is 0.000000421. The molecule has 1 fully saturated rings. The van der Waals surface area contributed by atoms with Gasteiger partial charge in [0.05, 0.1) is 6.61 Å². The fourth-order valence-corrected chi connectivity index (χ4v) is 5.30. The van der Waals surface area contributed by atoms with Crippen LogP contribution in [0.4, 0.5) is 4.79 Å². The number of benzene rings is 1. The number of hydrogen-bond acceptors (Lipinski definition) is 9. The minimum Gasteiger partial charge on any atom is -0.507 e. The van der Waals surface area contributed by atoms with Crippen LogP contribution in [-0.4, -0.2) is 110 Å². The smallest absolute Gasteiger partial charge is 0.328 e. The number of rotatable bonds is 9. The predicted octanol–water partition coefficient (Wildman–Crippen LogP) is 3.03. The lowest BCUT2D eigenvalue weighted by Crippen LogP contribution is -2.49. The van der Waals surface area contributed by atoms with E-state index in [-0.39, 0.29) is 24.0 Å². The van der Waals surface area contributed by atoms with Crippen molar-refractivity contribution in [2.75, 3.05) is 45.9 Å².